The van der Waals surface area contributed by atoms with Crippen LogP contribution >= 0.6 is 0 Å². The number of rotatable bonds is 2. The molecule has 0 spiro atoms. The lowest BCUT2D eigenvalue weighted by Crippen LogP contribution is -2.26. The van der Waals surface area contributed by atoms with Gasteiger partial charge in [-0.25, -0.2) is 0 Å². The zero-order valence-corrected chi connectivity index (χ0v) is 4.76. The average Bonchev–Trinajstić information content (AvgIpc) is 2.17. The van der Waals surface area contributed by atoms with Crippen molar-refractivity contribution in [1.82, 2.24) is 5.32 Å². The van der Waals surface area contributed by atoms with Gasteiger partial charge in [0.05, 0.1) is 6.04 Å². The molecule has 1 N–H and O–H groups in total. The van der Waals surface area contributed by atoms with Gasteiger partial charge in [-0.1, -0.05) is 6.08 Å². The predicted octanol–water partition coefficient (Wildman–Crippen LogP) is -0.459. The quantitative estimate of drug-likeness (QED) is 0.541. The Kier molecular flexibility index (Phi) is 1.63. The van der Waals surface area contributed by atoms with Crippen molar-refractivity contribution in [1.29, 1.82) is 0 Å². The summed E-state index contributed by atoms with van der Waals surface area (Å²) in [5.41, 5.74) is 0. The van der Waals surface area contributed by atoms with Crippen LogP contribution in [0.1, 0.15) is 6.42 Å². The standard InChI is InChI=1S/C6H6NO2/c8-4-3-5-1-2-6(9)7-5/h1-2,5H,3H2,(H,7,9). The second kappa shape index (κ2) is 2.44. The van der Waals surface area contributed by atoms with Crippen LogP contribution in [0.3, 0.4) is 0 Å². The number of amides is 1. The molecule has 1 aliphatic heterocycles. The molecule has 0 saturated heterocycles. The van der Waals surface area contributed by atoms with Gasteiger partial charge in [0.1, 0.15) is 0 Å². The SMILES string of the molecule is O=[C]CC1C=CC(=O)N1. The highest BCUT2D eigenvalue weighted by Gasteiger charge is 2.12. The van der Waals surface area contributed by atoms with Gasteiger partial charge in [0.25, 0.3) is 0 Å². The lowest BCUT2D eigenvalue weighted by molar-refractivity contribution is -0.116. The largest absolute Gasteiger partial charge is 0.346 e. The summed E-state index contributed by atoms with van der Waals surface area (Å²) in [5.74, 6) is -0.129. The average molecular weight is 124 g/mol. The van der Waals surface area contributed by atoms with Gasteiger partial charge in [-0.05, 0) is 0 Å². The van der Waals surface area contributed by atoms with Crippen molar-refractivity contribution < 1.29 is 9.59 Å². The van der Waals surface area contributed by atoms with Gasteiger partial charge in [0, 0.05) is 12.5 Å². The third-order valence-corrected chi connectivity index (χ3v) is 1.11. The van der Waals surface area contributed by atoms with E-state index < -0.39 is 0 Å². The summed E-state index contributed by atoms with van der Waals surface area (Å²) in [6.07, 6.45) is 5.05. The van der Waals surface area contributed by atoms with E-state index in [1.54, 1.807) is 12.4 Å². The Morgan fingerprint density at radius 2 is 2.56 bits per heavy atom. The molecule has 0 saturated carbocycles. The molecule has 1 radical (unpaired) electrons. The molecule has 1 amide bonds. The van der Waals surface area contributed by atoms with Crippen molar-refractivity contribution in [3.8, 4) is 0 Å². The Balaban J connectivity index is 2.40. The molecule has 1 unspecified atom stereocenters. The molecule has 3 heteroatoms. The van der Waals surface area contributed by atoms with Crippen LogP contribution in [0.5, 0.6) is 0 Å². The summed E-state index contributed by atoms with van der Waals surface area (Å²) >= 11 is 0. The van der Waals surface area contributed by atoms with E-state index in [4.69, 9.17) is 0 Å². The maximum atomic E-state index is 10.4. The molecule has 0 aliphatic carbocycles. The van der Waals surface area contributed by atoms with Crippen molar-refractivity contribution in [2.45, 2.75) is 12.5 Å². The van der Waals surface area contributed by atoms with Crippen molar-refractivity contribution in [2.75, 3.05) is 0 Å². The molecule has 1 heterocycles. The first-order chi connectivity index (χ1) is 4.33. The molecule has 1 rings (SSSR count). The highest BCUT2D eigenvalue weighted by Crippen LogP contribution is 1.97. The molecule has 3 nitrogen and oxygen atoms in total. The minimum Gasteiger partial charge on any atom is -0.346 e. The van der Waals surface area contributed by atoms with E-state index in [0.717, 1.165) is 0 Å². The maximum Gasteiger partial charge on any atom is 0.244 e. The zero-order chi connectivity index (χ0) is 6.69. The molecular formula is C6H6NO2. The molecule has 0 aromatic carbocycles. The molecule has 0 aromatic rings. The Labute approximate surface area is 52.7 Å². The molecule has 1 aliphatic rings. The van der Waals surface area contributed by atoms with Gasteiger partial charge in [0.2, 0.25) is 12.2 Å². The zero-order valence-electron chi connectivity index (χ0n) is 4.76. The first kappa shape index (κ1) is 6.01. The predicted molar refractivity (Wildman–Crippen MR) is 31.4 cm³/mol. The number of nitrogens with one attached hydrogen (secondary N) is 1. The van der Waals surface area contributed by atoms with E-state index >= 15 is 0 Å². The van der Waals surface area contributed by atoms with Crippen LogP contribution in [0.25, 0.3) is 0 Å². The van der Waals surface area contributed by atoms with Crippen molar-refractivity contribution in [2.24, 2.45) is 0 Å². The second-order valence-corrected chi connectivity index (χ2v) is 1.82. The summed E-state index contributed by atoms with van der Waals surface area (Å²) in [6, 6.07) is -0.116. The van der Waals surface area contributed by atoms with Crippen LogP contribution in [0.2, 0.25) is 0 Å². The van der Waals surface area contributed by atoms with Gasteiger partial charge >= 0.3 is 0 Å². The lowest BCUT2D eigenvalue weighted by Gasteiger charge is -2.00. The van der Waals surface area contributed by atoms with E-state index in [1.165, 1.54) is 6.08 Å². The van der Waals surface area contributed by atoms with E-state index in [1.807, 2.05) is 0 Å². The van der Waals surface area contributed by atoms with Gasteiger partial charge in [-0.2, -0.15) is 0 Å². The van der Waals surface area contributed by atoms with Gasteiger partial charge in [-0.15, -0.1) is 0 Å². The van der Waals surface area contributed by atoms with Crippen LogP contribution in [0.15, 0.2) is 12.2 Å². The third kappa shape index (κ3) is 1.38. The first-order valence-corrected chi connectivity index (χ1v) is 2.66. The van der Waals surface area contributed by atoms with Crippen LogP contribution in [0.4, 0.5) is 0 Å². The Hall–Kier alpha value is -1.12. The fraction of sp³-hybridized carbons (Fsp3) is 0.333. The lowest BCUT2D eigenvalue weighted by atomic mass is 10.2. The number of carbonyl (C=O) groups excluding carboxylic acids is 2. The normalized spacial score (nSPS) is 24.0. The number of hydrogen-bond acceptors (Lipinski definition) is 2. The highest BCUT2D eigenvalue weighted by molar-refractivity contribution is 5.90. The van der Waals surface area contributed by atoms with Gasteiger partial charge in [-0.3, -0.25) is 9.59 Å². The van der Waals surface area contributed by atoms with Gasteiger partial charge in [0.15, 0.2) is 0 Å². The smallest absolute Gasteiger partial charge is 0.244 e. The fourth-order valence-electron chi connectivity index (χ4n) is 0.691. The van der Waals surface area contributed by atoms with Crippen LogP contribution in [-0.2, 0) is 9.59 Å². The first-order valence-electron chi connectivity index (χ1n) is 2.66. The van der Waals surface area contributed by atoms with Gasteiger partial charge < -0.3 is 5.32 Å². The Morgan fingerprint density at radius 3 is 3.00 bits per heavy atom. The summed E-state index contributed by atoms with van der Waals surface area (Å²) in [7, 11) is 0. The Bertz CT molecular complexity index is 162. The molecule has 0 aromatic heterocycles. The molecule has 0 fully saturated rings. The summed E-state index contributed by atoms with van der Waals surface area (Å²) in [6.45, 7) is 0. The molecular weight excluding hydrogens is 118 g/mol. The van der Waals surface area contributed by atoms with E-state index in [2.05, 4.69) is 5.32 Å². The van der Waals surface area contributed by atoms with Crippen LogP contribution < -0.4 is 5.32 Å². The minimum absolute atomic E-state index is 0.116. The van der Waals surface area contributed by atoms with Crippen molar-refractivity contribution in [3.05, 3.63) is 12.2 Å². The van der Waals surface area contributed by atoms with E-state index in [9.17, 15) is 9.59 Å². The van der Waals surface area contributed by atoms with Crippen molar-refractivity contribution in [3.63, 3.8) is 0 Å². The monoisotopic (exact) mass is 124 g/mol. The number of hydrogen-bond donors (Lipinski definition) is 1. The van der Waals surface area contributed by atoms with E-state index in [0.29, 0.717) is 0 Å². The molecule has 47 valence electrons. The molecule has 0 bridgehead atoms. The summed E-state index contributed by atoms with van der Waals surface area (Å²) < 4.78 is 0. The van der Waals surface area contributed by atoms with Crippen LogP contribution in [0, 0.1) is 0 Å². The highest BCUT2D eigenvalue weighted by atomic mass is 16.1. The Morgan fingerprint density at radius 1 is 1.78 bits per heavy atom. The molecule has 1 atom stereocenters. The third-order valence-electron chi connectivity index (χ3n) is 1.11. The summed E-state index contributed by atoms with van der Waals surface area (Å²) in [5, 5.41) is 2.54. The fourth-order valence-corrected chi connectivity index (χ4v) is 0.691. The van der Waals surface area contributed by atoms with Crippen molar-refractivity contribution >= 4 is 12.2 Å². The maximum absolute atomic E-state index is 10.4. The minimum atomic E-state index is -0.129. The second-order valence-electron chi connectivity index (χ2n) is 1.82. The van der Waals surface area contributed by atoms with Crippen LogP contribution in [-0.4, -0.2) is 18.2 Å². The summed E-state index contributed by atoms with van der Waals surface area (Å²) in [4.78, 5) is 20.2. The van der Waals surface area contributed by atoms with E-state index in [-0.39, 0.29) is 18.4 Å². The number of carbonyl (C=O) groups is 1. The molecule has 9 heavy (non-hydrogen) atoms. The topological polar surface area (TPSA) is 46.2 Å².